The summed E-state index contributed by atoms with van der Waals surface area (Å²) in [5.41, 5.74) is 1.50. The molecule has 0 spiro atoms. The molecule has 0 bridgehead atoms. The molecule has 0 aliphatic rings. The molecule has 13 heteroatoms. The molecule has 2 heterocycles. The number of benzene rings is 1. The lowest BCUT2D eigenvalue weighted by Crippen LogP contribution is -2.13. The molecule has 1 aromatic carbocycles. The number of carbonyl (C=O) groups is 2. The monoisotopic (exact) mass is 489 g/mol. The highest BCUT2D eigenvalue weighted by Gasteiger charge is 2.13. The van der Waals surface area contributed by atoms with Crippen LogP contribution < -0.4 is 10.6 Å². The number of hydrogen-bond acceptors (Lipinski definition) is 9. The van der Waals surface area contributed by atoms with E-state index in [1.807, 2.05) is 11.4 Å². The number of nitrogens with one attached hydrogen (secondary N) is 2. The minimum absolute atomic E-state index is 0.121. The van der Waals surface area contributed by atoms with E-state index in [4.69, 9.17) is 27.9 Å². The number of thioether (sulfide) groups is 1. The van der Waals surface area contributed by atoms with Crippen LogP contribution in [-0.4, -0.2) is 39.5 Å². The summed E-state index contributed by atoms with van der Waals surface area (Å²) in [5, 5.41) is 16.4. The van der Waals surface area contributed by atoms with E-state index in [0.717, 1.165) is 16.9 Å². The minimum Gasteiger partial charge on any atom is -0.450 e. The van der Waals surface area contributed by atoms with Crippen LogP contribution in [-0.2, 0) is 9.53 Å². The maximum Gasteiger partial charge on any atom is 0.413 e. The fourth-order valence-corrected chi connectivity index (χ4v) is 4.55. The number of nitrogens with zero attached hydrogens (tertiary/aromatic N) is 3. The Morgan fingerprint density at radius 2 is 2.00 bits per heavy atom. The van der Waals surface area contributed by atoms with Crippen molar-refractivity contribution in [2.75, 3.05) is 23.0 Å². The van der Waals surface area contributed by atoms with E-state index in [1.54, 1.807) is 19.1 Å². The topological polar surface area (TPSA) is 106 Å². The van der Waals surface area contributed by atoms with Gasteiger partial charge < -0.3 is 10.1 Å². The van der Waals surface area contributed by atoms with Crippen molar-refractivity contribution >= 4 is 79.9 Å². The van der Waals surface area contributed by atoms with Crippen LogP contribution in [0.25, 0.3) is 11.3 Å². The standard InChI is InChI=1S/C16H13Cl2N5O3S3/c1-2-26-15(25)21-14-22-23-16(29-14)28-7-12(24)20-13-19-11(6-27-13)8-3-4-9(17)10(18)5-8/h3-6H,2,7H2,1H3,(H,19,20,24)(H,21,22,25). The predicted octanol–water partition coefficient (Wildman–Crippen LogP) is 5.27. The fourth-order valence-electron chi connectivity index (χ4n) is 1.97. The van der Waals surface area contributed by atoms with Crippen LogP contribution in [0.4, 0.5) is 15.1 Å². The van der Waals surface area contributed by atoms with Crippen molar-refractivity contribution in [2.45, 2.75) is 11.3 Å². The van der Waals surface area contributed by atoms with Gasteiger partial charge in [0, 0.05) is 10.9 Å². The van der Waals surface area contributed by atoms with Gasteiger partial charge in [0.1, 0.15) is 0 Å². The molecular formula is C16H13Cl2N5O3S3. The minimum atomic E-state index is -0.598. The van der Waals surface area contributed by atoms with Crippen molar-refractivity contribution in [3.05, 3.63) is 33.6 Å². The zero-order chi connectivity index (χ0) is 20.8. The maximum absolute atomic E-state index is 12.2. The van der Waals surface area contributed by atoms with E-state index in [-0.39, 0.29) is 18.3 Å². The molecule has 0 radical (unpaired) electrons. The van der Waals surface area contributed by atoms with Crippen LogP contribution in [0.1, 0.15) is 6.92 Å². The third kappa shape index (κ3) is 6.28. The summed E-state index contributed by atoms with van der Waals surface area (Å²) in [7, 11) is 0. The second-order valence-corrected chi connectivity index (χ2v) is 9.09. The first kappa shape index (κ1) is 21.8. The van der Waals surface area contributed by atoms with Gasteiger partial charge in [-0.15, -0.1) is 21.5 Å². The number of ether oxygens (including phenoxy) is 1. The molecule has 3 rings (SSSR count). The average molecular weight is 490 g/mol. The van der Waals surface area contributed by atoms with Gasteiger partial charge >= 0.3 is 6.09 Å². The third-order valence-electron chi connectivity index (χ3n) is 3.18. The Hall–Kier alpha value is -1.92. The molecule has 8 nitrogen and oxygen atoms in total. The molecule has 2 aromatic heterocycles. The Kier molecular flexibility index (Phi) is 7.67. The molecular weight excluding hydrogens is 477 g/mol. The molecule has 0 aliphatic carbocycles. The molecule has 0 unspecified atom stereocenters. The largest absolute Gasteiger partial charge is 0.450 e. The first-order chi connectivity index (χ1) is 13.9. The Morgan fingerprint density at radius 1 is 1.17 bits per heavy atom. The smallest absolute Gasteiger partial charge is 0.413 e. The predicted molar refractivity (Wildman–Crippen MR) is 117 cm³/mol. The van der Waals surface area contributed by atoms with Crippen LogP contribution in [0.5, 0.6) is 0 Å². The van der Waals surface area contributed by atoms with Gasteiger partial charge in [0.05, 0.1) is 28.1 Å². The van der Waals surface area contributed by atoms with Gasteiger partial charge in [-0.05, 0) is 19.1 Å². The number of rotatable bonds is 7. The molecule has 2 amide bonds. The number of anilines is 2. The van der Waals surface area contributed by atoms with Gasteiger partial charge in [-0.1, -0.05) is 52.4 Å². The maximum atomic E-state index is 12.2. The van der Waals surface area contributed by atoms with Crippen LogP contribution in [0.2, 0.25) is 10.0 Å². The lowest BCUT2D eigenvalue weighted by molar-refractivity contribution is -0.113. The summed E-state index contributed by atoms with van der Waals surface area (Å²) in [6.45, 7) is 1.96. The quantitative estimate of drug-likeness (QED) is 0.343. The van der Waals surface area contributed by atoms with E-state index < -0.39 is 6.09 Å². The number of carbonyl (C=O) groups excluding carboxylic acids is 2. The fraction of sp³-hybridized carbons (Fsp3) is 0.188. The molecule has 0 atom stereocenters. The number of thiazole rings is 1. The van der Waals surface area contributed by atoms with Crippen molar-refractivity contribution in [1.82, 2.24) is 15.2 Å². The van der Waals surface area contributed by atoms with Crippen LogP contribution in [0, 0.1) is 0 Å². The van der Waals surface area contributed by atoms with Gasteiger partial charge in [0.15, 0.2) is 9.47 Å². The summed E-state index contributed by atoms with van der Waals surface area (Å²) in [4.78, 5) is 27.9. The van der Waals surface area contributed by atoms with Crippen molar-refractivity contribution in [3.8, 4) is 11.3 Å². The van der Waals surface area contributed by atoms with Gasteiger partial charge in [0.25, 0.3) is 0 Å². The van der Waals surface area contributed by atoms with Gasteiger partial charge in [-0.25, -0.2) is 9.78 Å². The van der Waals surface area contributed by atoms with E-state index in [0.29, 0.717) is 30.3 Å². The molecule has 0 fully saturated rings. The number of aromatic nitrogens is 3. The summed E-state index contributed by atoms with van der Waals surface area (Å²) in [6.07, 6.45) is -0.598. The first-order valence-corrected chi connectivity index (χ1v) is 11.5. The first-order valence-electron chi connectivity index (χ1n) is 8.05. The number of halogens is 2. The van der Waals surface area contributed by atoms with Crippen molar-refractivity contribution in [1.29, 1.82) is 0 Å². The molecule has 152 valence electrons. The van der Waals surface area contributed by atoms with Crippen LogP contribution >= 0.6 is 57.6 Å². The highest BCUT2D eigenvalue weighted by Crippen LogP contribution is 2.31. The summed E-state index contributed by atoms with van der Waals surface area (Å²) in [5.74, 6) is -0.115. The molecule has 3 aromatic rings. The van der Waals surface area contributed by atoms with Crippen molar-refractivity contribution in [3.63, 3.8) is 0 Å². The van der Waals surface area contributed by atoms with E-state index in [1.165, 1.54) is 23.1 Å². The normalized spacial score (nSPS) is 10.6. The van der Waals surface area contributed by atoms with Crippen molar-refractivity contribution in [2.24, 2.45) is 0 Å². The Labute approximate surface area is 188 Å². The Morgan fingerprint density at radius 3 is 2.76 bits per heavy atom. The second kappa shape index (κ2) is 10.2. The van der Waals surface area contributed by atoms with E-state index in [2.05, 4.69) is 25.8 Å². The average Bonchev–Trinajstić information content (AvgIpc) is 3.32. The summed E-state index contributed by atoms with van der Waals surface area (Å²) >= 11 is 15.6. The Bertz CT molecular complexity index is 1030. The van der Waals surface area contributed by atoms with E-state index >= 15 is 0 Å². The lowest BCUT2D eigenvalue weighted by Gasteiger charge is -2.01. The van der Waals surface area contributed by atoms with Crippen LogP contribution in [0.15, 0.2) is 27.9 Å². The molecule has 0 aliphatic heterocycles. The third-order valence-corrected chi connectivity index (χ3v) is 6.65. The SMILES string of the molecule is CCOC(=O)Nc1nnc(SCC(=O)Nc2nc(-c3ccc(Cl)c(Cl)c3)cs2)s1. The number of amides is 2. The van der Waals surface area contributed by atoms with E-state index in [9.17, 15) is 9.59 Å². The van der Waals surface area contributed by atoms with Gasteiger partial charge in [-0.2, -0.15) is 0 Å². The Balaban J connectivity index is 1.51. The number of hydrogen-bond donors (Lipinski definition) is 2. The molecule has 29 heavy (non-hydrogen) atoms. The zero-order valence-electron chi connectivity index (χ0n) is 14.8. The zero-order valence-corrected chi connectivity index (χ0v) is 18.7. The summed E-state index contributed by atoms with van der Waals surface area (Å²) < 4.78 is 5.31. The van der Waals surface area contributed by atoms with Crippen molar-refractivity contribution < 1.29 is 14.3 Å². The van der Waals surface area contributed by atoms with Gasteiger partial charge in [0.2, 0.25) is 11.0 Å². The molecule has 0 saturated carbocycles. The second-order valence-electron chi connectivity index (χ2n) is 5.22. The highest BCUT2D eigenvalue weighted by atomic mass is 35.5. The highest BCUT2D eigenvalue weighted by molar-refractivity contribution is 8.01. The van der Waals surface area contributed by atoms with Crippen LogP contribution in [0.3, 0.4) is 0 Å². The summed E-state index contributed by atoms with van der Waals surface area (Å²) in [6, 6.07) is 5.22. The van der Waals surface area contributed by atoms with Gasteiger partial charge in [-0.3, -0.25) is 10.1 Å². The lowest BCUT2D eigenvalue weighted by atomic mass is 10.2. The molecule has 0 saturated heterocycles. The molecule has 2 N–H and O–H groups in total.